The number of nitrogens with zero attached hydrogens (tertiary/aromatic N) is 1. The number of amides is 2. The monoisotopic (exact) mass is 514 g/mol. The number of hydrogen-bond acceptors (Lipinski definition) is 4. The molecule has 38 heavy (non-hydrogen) atoms. The summed E-state index contributed by atoms with van der Waals surface area (Å²) >= 11 is 0. The summed E-state index contributed by atoms with van der Waals surface area (Å²) < 4.78 is 11.3. The number of fused-ring (bicyclic) bond motifs is 1. The van der Waals surface area contributed by atoms with Gasteiger partial charge in [-0.25, -0.2) is 0 Å². The molecule has 1 atom stereocenters. The fourth-order valence-electron chi connectivity index (χ4n) is 4.54. The van der Waals surface area contributed by atoms with Crippen LogP contribution in [0.15, 0.2) is 72.8 Å². The molecule has 1 heterocycles. The lowest BCUT2D eigenvalue weighted by atomic mass is 9.99. The predicted molar refractivity (Wildman–Crippen MR) is 149 cm³/mol. The Balaban J connectivity index is 1.60. The molecule has 4 rings (SSSR count). The Morgan fingerprint density at radius 2 is 1.53 bits per heavy atom. The third-order valence-corrected chi connectivity index (χ3v) is 6.48. The van der Waals surface area contributed by atoms with Gasteiger partial charge in [0.05, 0.1) is 0 Å². The Kier molecular flexibility index (Phi) is 8.72. The molecule has 0 radical (unpaired) electrons. The summed E-state index contributed by atoms with van der Waals surface area (Å²) in [4.78, 5) is 29.3. The lowest BCUT2D eigenvalue weighted by Crippen LogP contribution is -2.54. The molecule has 1 unspecified atom stereocenters. The highest BCUT2D eigenvalue weighted by atomic mass is 16.6. The molecule has 6 heteroatoms. The standard InChI is InChI=1S/C32H38N2O4/c1-23-10-12-26(13-11-23)22-34(27(31(36)33-32(2,3)4)20-24-8-6-5-7-9-24)30(35)17-15-25-14-16-28-29(21-25)38-19-18-37-28/h5-14,16,21,27H,15,17-20,22H2,1-4H3,(H,33,36). The summed E-state index contributed by atoms with van der Waals surface area (Å²) in [6.07, 6.45) is 1.25. The van der Waals surface area contributed by atoms with Crippen molar-refractivity contribution in [2.75, 3.05) is 13.2 Å². The lowest BCUT2D eigenvalue weighted by molar-refractivity contribution is -0.141. The maximum absolute atomic E-state index is 13.9. The van der Waals surface area contributed by atoms with Gasteiger partial charge >= 0.3 is 0 Å². The summed E-state index contributed by atoms with van der Waals surface area (Å²) in [6.45, 7) is 9.32. The normalized spacial score (nSPS) is 13.5. The SMILES string of the molecule is Cc1ccc(CN(C(=O)CCc2ccc3c(c2)OCCO3)C(Cc2ccccc2)C(=O)NC(C)(C)C)cc1. The first-order valence-corrected chi connectivity index (χ1v) is 13.3. The number of ether oxygens (including phenoxy) is 2. The van der Waals surface area contributed by atoms with Gasteiger partial charge < -0.3 is 19.7 Å². The second kappa shape index (κ2) is 12.2. The molecule has 0 fully saturated rings. The van der Waals surface area contributed by atoms with Gasteiger partial charge in [-0.2, -0.15) is 0 Å². The molecule has 1 N–H and O–H groups in total. The molecule has 0 saturated heterocycles. The maximum Gasteiger partial charge on any atom is 0.243 e. The van der Waals surface area contributed by atoms with Crippen molar-refractivity contribution in [2.45, 2.75) is 65.1 Å². The van der Waals surface area contributed by atoms with Crippen molar-refractivity contribution in [2.24, 2.45) is 0 Å². The molecule has 0 bridgehead atoms. The summed E-state index contributed by atoms with van der Waals surface area (Å²) in [5.74, 6) is 1.23. The number of hydrogen-bond donors (Lipinski definition) is 1. The highest BCUT2D eigenvalue weighted by molar-refractivity contribution is 5.88. The van der Waals surface area contributed by atoms with E-state index < -0.39 is 11.6 Å². The maximum atomic E-state index is 13.9. The van der Waals surface area contributed by atoms with Crippen LogP contribution in [0.1, 0.15) is 49.4 Å². The van der Waals surface area contributed by atoms with Crippen molar-refractivity contribution in [3.63, 3.8) is 0 Å². The van der Waals surface area contributed by atoms with E-state index >= 15 is 0 Å². The van der Waals surface area contributed by atoms with Gasteiger partial charge in [0.15, 0.2) is 11.5 Å². The molecule has 0 aliphatic carbocycles. The van der Waals surface area contributed by atoms with E-state index in [2.05, 4.69) is 5.32 Å². The fourth-order valence-corrected chi connectivity index (χ4v) is 4.54. The lowest BCUT2D eigenvalue weighted by Gasteiger charge is -2.34. The average molecular weight is 515 g/mol. The molecule has 0 spiro atoms. The van der Waals surface area contributed by atoms with Gasteiger partial charge in [0.1, 0.15) is 19.3 Å². The first-order chi connectivity index (χ1) is 18.2. The molecule has 200 valence electrons. The quantitative estimate of drug-likeness (QED) is 0.423. The molecule has 6 nitrogen and oxygen atoms in total. The van der Waals surface area contributed by atoms with Crippen LogP contribution in [-0.4, -0.2) is 41.5 Å². The molecule has 3 aromatic rings. The molecule has 1 aliphatic heterocycles. The van der Waals surface area contributed by atoms with E-state index in [4.69, 9.17) is 9.47 Å². The third kappa shape index (κ3) is 7.60. The van der Waals surface area contributed by atoms with E-state index in [0.29, 0.717) is 38.3 Å². The molecular formula is C32H38N2O4. The minimum atomic E-state index is -0.648. The van der Waals surface area contributed by atoms with Gasteiger partial charge in [-0.05, 0) is 62.9 Å². The Labute approximate surface area is 226 Å². The van der Waals surface area contributed by atoms with Gasteiger partial charge in [-0.3, -0.25) is 9.59 Å². The zero-order valence-corrected chi connectivity index (χ0v) is 22.8. The number of rotatable bonds is 9. The first-order valence-electron chi connectivity index (χ1n) is 13.3. The zero-order valence-electron chi connectivity index (χ0n) is 22.8. The van der Waals surface area contributed by atoms with Crippen molar-refractivity contribution in [1.82, 2.24) is 10.2 Å². The van der Waals surface area contributed by atoms with Crippen LogP contribution in [0.3, 0.4) is 0 Å². The fraction of sp³-hybridized carbons (Fsp3) is 0.375. The summed E-state index contributed by atoms with van der Waals surface area (Å²) in [5.41, 5.74) is 3.73. The van der Waals surface area contributed by atoms with Crippen molar-refractivity contribution in [1.29, 1.82) is 0 Å². The molecular weight excluding hydrogens is 476 g/mol. The molecule has 1 aliphatic rings. The van der Waals surface area contributed by atoms with Crippen LogP contribution in [0.25, 0.3) is 0 Å². The van der Waals surface area contributed by atoms with Crippen LogP contribution in [0.5, 0.6) is 11.5 Å². The molecule has 0 aromatic heterocycles. The van der Waals surface area contributed by atoms with Gasteiger partial charge in [-0.1, -0.05) is 66.2 Å². The summed E-state index contributed by atoms with van der Waals surface area (Å²) in [7, 11) is 0. The Morgan fingerprint density at radius 3 is 2.21 bits per heavy atom. The zero-order chi connectivity index (χ0) is 27.1. The molecule has 2 amide bonds. The molecule has 0 saturated carbocycles. The van der Waals surface area contributed by atoms with Crippen molar-refractivity contribution < 1.29 is 19.1 Å². The van der Waals surface area contributed by atoms with Crippen LogP contribution in [0.4, 0.5) is 0 Å². The van der Waals surface area contributed by atoms with E-state index in [0.717, 1.165) is 28.0 Å². The topological polar surface area (TPSA) is 67.9 Å². The largest absolute Gasteiger partial charge is 0.486 e. The number of aryl methyl sites for hydroxylation is 2. The molecule has 3 aromatic carbocycles. The van der Waals surface area contributed by atoms with Gasteiger partial charge in [-0.15, -0.1) is 0 Å². The Morgan fingerprint density at radius 1 is 0.868 bits per heavy atom. The van der Waals surface area contributed by atoms with Crippen LogP contribution < -0.4 is 14.8 Å². The summed E-state index contributed by atoms with van der Waals surface area (Å²) in [6, 6.07) is 23.2. The number of carbonyl (C=O) groups excluding carboxylic acids is 2. The van der Waals surface area contributed by atoms with E-state index in [-0.39, 0.29) is 18.2 Å². The van der Waals surface area contributed by atoms with E-state index in [1.54, 1.807) is 4.90 Å². The number of carbonyl (C=O) groups is 2. The second-order valence-corrected chi connectivity index (χ2v) is 10.9. The van der Waals surface area contributed by atoms with E-state index in [1.165, 1.54) is 0 Å². The highest BCUT2D eigenvalue weighted by Crippen LogP contribution is 2.31. The first kappa shape index (κ1) is 27.2. The number of nitrogens with one attached hydrogen (secondary N) is 1. The van der Waals surface area contributed by atoms with Gasteiger partial charge in [0, 0.05) is 24.9 Å². The summed E-state index contributed by atoms with van der Waals surface area (Å²) in [5, 5.41) is 3.11. The van der Waals surface area contributed by atoms with Crippen LogP contribution in [0, 0.1) is 6.92 Å². The Bertz CT molecular complexity index is 1230. The second-order valence-electron chi connectivity index (χ2n) is 10.9. The van der Waals surface area contributed by atoms with Crippen molar-refractivity contribution in [3.8, 4) is 11.5 Å². The van der Waals surface area contributed by atoms with Crippen LogP contribution >= 0.6 is 0 Å². The third-order valence-electron chi connectivity index (χ3n) is 6.48. The number of benzene rings is 3. The van der Waals surface area contributed by atoms with E-state index in [9.17, 15) is 9.59 Å². The Hall–Kier alpha value is -3.80. The van der Waals surface area contributed by atoms with Gasteiger partial charge in [0.2, 0.25) is 11.8 Å². The van der Waals surface area contributed by atoms with Gasteiger partial charge in [0.25, 0.3) is 0 Å². The highest BCUT2D eigenvalue weighted by Gasteiger charge is 2.32. The average Bonchev–Trinajstić information content (AvgIpc) is 2.90. The van der Waals surface area contributed by atoms with Crippen molar-refractivity contribution >= 4 is 11.8 Å². The van der Waals surface area contributed by atoms with Crippen LogP contribution in [-0.2, 0) is 29.0 Å². The van der Waals surface area contributed by atoms with Crippen molar-refractivity contribution in [3.05, 3.63) is 95.1 Å². The minimum absolute atomic E-state index is 0.0644. The predicted octanol–water partition coefficient (Wildman–Crippen LogP) is 5.25. The minimum Gasteiger partial charge on any atom is -0.486 e. The smallest absolute Gasteiger partial charge is 0.243 e. The van der Waals surface area contributed by atoms with Crippen LogP contribution in [0.2, 0.25) is 0 Å². The van der Waals surface area contributed by atoms with E-state index in [1.807, 2.05) is 100 Å².